The van der Waals surface area contributed by atoms with Crippen LogP contribution in [0.15, 0.2) is 83.8 Å². The molecule has 0 aliphatic carbocycles. The number of amides is 3. The fraction of sp³-hybridized carbons (Fsp3) is 0.300. The lowest BCUT2D eigenvalue weighted by Gasteiger charge is -2.32. The molecule has 1 aliphatic heterocycles. The van der Waals surface area contributed by atoms with Crippen molar-refractivity contribution in [2.45, 2.75) is 44.2 Å². The Morgan fingerprint density at radius 3 is 2.30 bits per heavy atom. The normalized spacial score (nSPS) is 14.6. The van der Waals surface area contributed by atoms with Crippen molar-refractivity contribution in [3.8, 4) is 0 Å². The van der Waals surface area contributed by atoms with Crippen LogP contribution in [0.1, 0.15) is 41.8 Å². The van der Waals surface area contributed by atoms with Crippen molar-refractivity contribution in [2.75, 3.05) is 13.1 Å². The second-order valence-corrected chi connectivity index (χ2v) is 12.4. The predicted molar refractivity (Wildman–Crippen MR) is 153 cm³/mol. The molecule has 1 N–H and O–H groups in total. The largest absolute Gasteiger partial charge is 0.354 e. The number of benzene rings is 3. The summed E-state index contributed by atoms with van der Waals surface area (Å²) < 4.78 is 26.8. The summed E-state index contributed by atoms with van der Waals surface area (Å²) in [6, 6.07) is 21.5. The summed E-state index contributed by atoms with van der Waals surface area (Å²) in [5.74, 6) is -1.24. The molecule has 3 amide bonds. The van der Waals surface area contributed by atoms with Crippen LogP contribution in [0.5, 0.6) is 0 Å². The van der Waals surface area contributed by atoms with E-state index in [2.05, 4.69) is 5.32 Å². The van der Waals surface area contributed by atoms with Gasteiger partial charge in [0.15, 0.2) is 0 Å². The lowest BCUT2D eigenvalue weighted by Crippen LogP contribution is -2.51. The molecule has 210 valence electrons. The number of fused-ring (bicyclic) bond motifs is 1. The van der Waals surface area contributed by atoms with Crippen molar-refractivity contribution >= 4 is 39.3 Å². The lowest BCUT2D eigenvalue weighted by atomic mass is 10.0. The molecule has 10 heteroatoms. The average molecular weight is 582 g/mol. The van der Waals surface area contributed by atoms with Gasteiger partial charge < -0.3 is 10.2 Å². The highest BCUT2D eigenvalue weighted by Crippen LogP contribution is 2.30. The molecule has 1 atom stereocenters. The maximum absolute atomic E-state index is 13.8. The zero-order valence-corrected chi connectivity index (χ0v) is 24.0. The predicted octanol–water partition coefficient (Wildman–Crippen LogP) is 4.29. The number of carbonyl (C=O) groups is 3. The summed E-state index contributed by atoms with van der Waals surface area (Å²) in [6.45, 7) is 4.13. The highest BCUT2D eigenvalue weighted by Gasteiger charge is 2.41. The monoisotopic (exact) mass is 581 g/mol. The van der Waals surface area contributed by atoms with Gasteiger partial charge in [0.25, 0.3) is 15.9 Å². The van der Waals surface area contributed by atoms with Crippen LogP contribution >= 0.6 is 11.6 Å². The quantitative estimate of drug-likeness (QED) is 0.364. The SMILES string of the molecule is CC(C)CNC(=O)C(Cc1ccccc1)N(Cc1cccc(Cl)c1)C(=O)CCN1C(=O)c2ccccc2S1(=O)=O. The van der Waals surface area contributed by atoms with E-state index in [1.807, 2.05) is 50.2 Å². The molecule has 1 heterocycles. The van der Waals surface area contributed by atoms with E-state index < -0.39 is 27.9 Å². The number of nitrogens with one attached hydrogen (secondary N) is 1. The molecule has 1 aliphatic rings. The van der Waals surface area contributed by atoms with Crippen LogP contribution in [-0.4, -0.2) is 54.5 Å². The van der Waals surface area contributed by atoms with Gasteiger partial charge in [0.05, 0.1) is 5.56 Å². The van der Waals surface area contributed by atoms with E-state index in [1.54, 1.807) is 30.3 Å². The van der Waals surface area contributed by atoms with E-state index in [0.717, 1.165) is 9.87 Å². The van der Waals surface area contributed by atoms with Crippen LogP contribution < -0.4 is 5.32 Å². The number of sulfonamides is 1. The molecule has 3 aromatic rings. The number of halogens is 1. The van der Waals surface area contributed by atoms with E-state index in [0.29, 0.717) is 17.1 Å². The molecule has 8 nitrogen and oxygen atoms in total. The Labute approximate surface area is 240 Å². The molecule has 0 saturated heterocycles. The van der Waals surface area contributed by atoms with E-state index in [1.165, 1.54) is 17.0 Å². The van der Waals surface area contributed by atoms with Crippen LogP contribution in [0, 0.1) is 5.92 Å². The summed E-state index contributed by atoms with van der Waals surface area (Å²) in [5, 5.41) is 3.43. The zero-order valence-electron chi connectivity index (χ0n) is 22.4. The molecule has 0 bridgehead atoms. The van der Waals surface area contributed by atoms with Crippen LogP contribution in [0.25, 0.3) is 0 Å². The van der Waals surface area contributed by atoms with Gasteiger partial charge in [-0.3, -0.25) is 14.4 Å². The fourth-order valence-corrected chi connectivity index (χ4v) is 6.38. The summed E-state index contributed by atoms with van der Waals surface area (Å²) in [6.07, 6.45) is -0.0360. The first-order valence-electron chi connectivity index (χ1n) is 13.1. The van der Waals surface area contributed by atoms with Crippen molar-refractivity contribution in [3.05, 3.63) is 101 Å². The third-order valence-electron chi connectivity index (χ3n) is 6.64. The fourth-order valence-electron chi connectivity index (χ4n) is 4.60. The molecular formula is C30H32ClN3O5S. The third-order valence-corrected chi connectivity index (χ3v) is 8.71. The van der Waals surface area contributed by atoms with Crippen molar-refractivity contribution in [1.29, 1.82) is 0 Å². The van der Waals surface area contributed by atoms with Gasteiger partial charge in [-0.1, -0.05) is 80.0 Å². The minimum atomic E-state index is -4.07. The standard InChI is InChI=1S/C30H32ClN3O5S/c1-21(2)19-32-29(36)26(18-22-9-4-3-5-10-22)33(20-23-11-8-12-24(31)17-23)28(35)15-16-34-30(37)25-13-6-7-14-27(25)40(34,38)39/h3-14,17,21,26H,15-16,18-20H2,1-2H3,(H,32,36). The minimum absolute atomic E-state index is 0.0711. The molecule has 4 rings (SSSR count). The van der Waals surface area contributed by atoms with Crippen LogP contribution in [-0.2, 0) is 32.6 Å². The molecule has 1 unspecified atom stereocenters. The Morgan fingerprint density at radius 2 is 1.62 bits per heavy atom. The van der Waals surface area contributed by atoms with Crippen molar-refractivity contribution in [3.63, 3.8) is 0 Å². The molecule has 0 fully saturated rings. The van der Waals surface area contributed by atoms with Gasteiger partial charge in [0.2, 0.25) is 11.8 Å². The first kappa shape index (κ1) is 29.3. The highest BCUT2D eigenvalue weighted by molar-refractivity contribution is 7.90. The molecule has 40 heavy (non-hydrogen) atoms. The third kappa shape index (κ3) is 6.71. The second-order valence-electron chi connectivity index (χ2n) is 10.1. The summed E-state index contributed by atoms with van der Waals surface area (Å²) in [5.41, 5.74) is 1.66. The summed E-state index contributed by atoms with van der Waals surface area (Å²) >= 11 is 6.21. The van der Waals surface area contributed by atoms with Crippen molar-refractivity contribution in [2.24, 2.45) is 5.92 Å². The Hall–Kier alpha value is -3.69. The van der Waals surface area contributed by atoms with E-state index in [9.17, 15) is 22.8 Å². The Morgan fingerprint density at radius 1 is 0.950 bits per heavy atom. The van der Waals surface area contributed by atoms with Crippen LogP contribution in [0.4, 0.5) is 0 Å². The molecule has 0 spiro atoms. The number of hydrogen-bond acceptors (Lipinski definition) is 5. The van der Waals surface area contributed by atoms with Gasteiger partial charge >= 0.3 is 0 Å². The minimum Gasteiger partial charge on any atom is -0.354 e. The van der Waals surface area contributed by atoms with Gasteiger partial charge in [-0.25, -0.2) is 12.7 Å². The molecule has 0 radical (unpaired) electrons. The van der Waals surface area contributed by atoms with Crippen molar-refractivity contribution < 1.29 is 22.8 Å². The van der Waals surface area contributed by atoms with Crippen LogP contribution in [0.2, 0.25) is 5.02 Å². The summed E-state index contributed by atoms with van der Waals surface area (Å²) in [4.78, 5) is 41.6. The number of rotatable bonds is 11. The van der Waals surface area contributed by atoms with Crippen LogP contribution in [0.3, 0.4) is 0 Å². The van der Waals surface area contributed by atoms with E-state index >= 15 is 0 Å². The Bertz CT molecular complexity index is 1490. The van der Waals surface area contributed by atoms with Gasteiger partial charge in [-0.05, 0) is 41.3 Å². The first-order valence-corrected chi connectivity index (χ1v) is 14.9. The highest BCUT2D eigenvalue weighted by atomic mass is 35.5. The summed E-state index contributed by atoms with van der Waals surface area (Å²) in [7, 11) is -4.07. The molecule has 3 aromatic carbocycles. The molecule has 0 aromatic heterocycles. The van der Waals surface area contributed by atoms with E-state index in [-0.39, 0.29) is 48.2 Å². The first-order chi connectivity index (χ1) is 19.1. The molecular weight excluding hydrogens is 550 g/mol. The smallest absolute Gasteiger partial charge is 0.269 e. The lowest BCUT2D eigenvalue weighted by molar-refractivity contribution is -0.141. The Kier molecular flexibility index (Phi) is 9.27. The van der Waals surface area contributed by atoms with E-state index in [4.69, 9.17) is 11.6 Å². The van der Waals surface area contributed by atoms with Crippen molar-refractivity contribution in [1.82, 2.24) is 14.5 Å². The zero-order chi connectivity index (χ0) is 28.9. The van der Waals surface area contributed by atoms with Gasteiger partial charge in [-0.15, -0.1) is 0 Å². The number of nitrogens with zero attached hydrogens (tertiary/aromatic N) is 2. The van der Waals surface area contributed by atoms with Gasteiger partial charge in [0, 0.05) is 37.5 Å². The van der Waals surface area contributed by atoms with Gasteiger partial charge in [0.1, 0.15) is 10.9 Å². The Balaban J connectivity index is 1.63. The average Bonchev–Trinajstić information content (AvgIpc) is 3.13. The van der Waals surface area contributed by atoms with Gasteiger partial charge in [-0.2, -0.15) is 0 Å². The topological polar surface area (TPSA) is 104 Å². The maximum Gasteiger partial charge on any atom is 0.269 e. The molecule has 0 saturated carbocycles. The number of hydrogen-bond donors (Lipinski definition) is 1. The number of carbonyl (C=O) groups excluding carboxylic acids is 3. The second kappa shape index (κ2) is 12.7. The maximum atomic E-state index is 13.8.